The van der Waals surface area contributed by atoms with Gasteiger partial charge in [-0.15, -0.1) is 0 Å². The van der Waals surface area contributed by atoms with Crippen molar-refractivity contribution in [1.82, 2.24) is 10.2 Å². The van der Waals surface area contributed by atoms with Crippen molar-refractivity contribution >= 4 is 12.2 Å². The zero-order valence-corrected chi connectivity index (χ0v) is 10.1. The van der Waals surface area contributed by atoms with Crippen molar-refractivity contribution in [1.29, 1.82) is 0 Å². The lowest BCUT2D eigenvalue weighted by Gasteiger charge is -2.18. The number of methoxy groups -OCH3 is 1. The average molecular weight is 227 g/mol. The Bertz CT molecular complexity index is 243. The molecule has 5 nitrogen and oxygen atoms in total. The summed E-state index contributed by atoms with van der Waals surface area (Å²) in [5.41, 5.74) is 0. The number of hydrogen-bond donors (Lipinski definition) is 1. The molecule has 1 atom stereocenters. The molecular formula is C11H21N3O2. The minimum atomic E-state index is -0.171. The summed E-state index contributed by atoms with van der Waals surface area (Å²) in [6.45, 7) is 1.73. The predicted molar refractivity (Wildman–Crippen MR) is 63.8 cm³/mol. The van der Waals surface area contributed by atoms with Crippen LogP contribution in [0.15, 0.2) is 4.99 Å². The summed E-state index contributed by atoms with van der Waals surface area (Å²) in [5, 5.41) is 3.27. The van der Waals surface area contributed by atoms with Crippen molar-refractivity contribution in [3.8, 4) is 0 Å². The third kappa shape index (κ3) is 4.72. The van der Waals surface area contributed by atoms with E-state index in [1.165, 1.54) is 0 Å². The van der Waals surface area contributed by atoms with Gasteiger partial charge in [0.25, 0.3) is 0 Å². The van der Waals surface area contributed by atoms with Crippen LogP contribution in [0.5, 0.6) is 0 Å². The normalized spacial score (nSPS) is 25.0. The summed E-state index contributed by atoms with van der Waals surface area (Å²) in [6.07, 6.45) is 5.46. The molecule has 1 aliphatic heterocycles. The first-order valence-corrected chi connectivity index (χ1v) is 5.78. The second-order valence-electron chi connectivity index (χ2n) is 3.99. The fraction of sp³-hybridized carbons (Fsp3) is 0.818. The van der Waals surface area contributed by atoms with Crippen LogP contribution in [0, 0.1) is 0 Å². The number of rotatable bonds is 1. The molecule has 0 radical (unpaired) electrons. The maximum absolute atomic E-state index is 11.5. The van der Waals surface area contributed by atoms with Gasteiger partial charge in [-0.25, -0.2) is 9.79 Å². The first-order chi connectivity index (χ1) is 7.74. The van der Waals surface area contributed by atoms with Crippen LogP contribution in [0.4, 0.5) is 4.79 Å². The van der Waals surface area contributed by atoms with Gasteiger partial charge in [0.2, 0.25) is 0 Å². The highest BCUT2D eigenvalue weighted by atomic mass is 16.5. The largest absolute Gasteiger partial charge is 0.366 e. The Morgan fingerprint density at radius 2 is 2.31 bits per heavy atom. The van der Waals surface area contributed by atoms with Gasteiger partial charge in [0, 0.05) is 33.3 Å². The SMILES string of the molecule is COC1CC=NC(=O)N(C)CCCCCN1. The van der Waals surface area contributed by atoms with Gasteiger partial charge in [-0.05, 0) is 19.4 Å². The number of ether oxygens (including phenoxy) is 1. The minimum Gasteiger partial charge on any atom is -0.366 e. The van der Waals surface area contributed by atoms with Gasteiger partial charge in [-0.3, -0.25) is 5.32 Å². The van der Waals surface area contributed by atoms with Crippen molar-refractivity contribution < 1.29 is 9.53 Å². The molecule has 0 spiro atoms. The lowest BCUT2D eigenvalue weighted by atomic mass is 10.2. The molecular weight excluding hydrogens is 206 g/mol. The Balaban J connectivity index is 2.51. The molecule has 1 unspecified atom stereocenters. The first kappa shape index (κ1) is 13.1. The highest BCUT2D eigenvalue weighted by molar-refractivity contribution is 5.83. The van der Waals surface area contributed by atoms with E-state index in [9.17, 15) is 4.79 Å². The van der Waals surface area contributed by atoms with E-state index in [4.69, 9.17) is 4.74 Å². The van der Waals surface area contributed by atoms with Crippen LogP contribution in [-0.2, 0) is 4.74 Å². The monoisotopic (exact) mass is 227 g/mol. The quantitative estimate of drug-likeness (QED) is 0.733. The second kappa shape index (κ2) is 7.35. The van der Waals surface area contributed by atoms with Gasteiger partial charge < -0.3 is 9.64 Å². The molecule has 0 aromatic heterocycles. The Labute approximate surface area is 96.9 Å². The standard InChI is InChI=1S/C11H21N3O2/c1-14-9-5-3-4-7-12-10(16-2)6-8-13-11(14)15/h8,10,12H,3-7,9H2,1-2H3. The lowest BCUT2D eigenvalue weighted by Crippen LogP contribution is -2.33. The molecule has 5 heteroatoms. The fourth-order valence-electron chi connectivity index (χ4n) is 1.60. The fourth-order valence-corrected chi connectivity index (χ4v) is 1.60. The highest BCUT2D eigenvalue weighted by Crippen LogP contribution is 2.01. The number of nitrogens with one attached hydrogen (secondary N) is 1. The maximum atomic E-state index is 11.5. The number of hydrogen-bond acceptors (Lipinski definition) is 3. The average Bonchev–Trinajstić information content (AvgIpc) is 2.28. The van der Waals surface area contributed by atoms with E-state index in [0.717, 1.165) is 32.4 Å². The summed E-state index contributed by atoms with van der Waals surface area (Å²) >= 11 is 0. The predicted octanol–water partition coefficient (Wildman–Crippen LogP) is 1.25. The van der Waals surface area contributed by atoms with Gasteiger partial charge in [-0.2, -0.15) is 0 Å². The molecule has 16 heavy (non-hydrogen) atoms. The topological polar surface area (TPSA) is 53.9 Å². The number of amides is 2. The van der Waals surface area contributed by atoms with Crippen molar-refractivity contribution in [2.45, 2.75) is 31.9 Å². The van der Waals surface area contributed by atoms with Gasteiger partial charge in [0.15, 0.2) is 0 Å². The number of nitrogens with zero attached hydrogens (tertiary/aromatic N) is 2. The summed E-state index contributed by atoms with van der Waals surface area (Å²) < 4.78 is 5.23. The molecule has 0 bridgehead atoms. The van der Waals surface area contributed by atoms with Crippen LogP contribution in [-0.4, -0.2) is 50.6 Å². The zero-order valence-electron chi connectivity index (χ0n) is 10.1. The number of carbonyl (C=O) groups is 1. The smallest absolute Gasteiger partial charge is 0.342 e. The van der Waals surface area contributed by atoms with Gasteiger partial charge in [-0.1, -0.05) is 6.42 Å². The Morgan fingerprint density at radius 1 is 1.50 bits per heavy atom. The molecule has 0 aliphatic carbocycles. The molecule has 1 heterocycles. The molecule has 1 aliphatic rings. The van der Waals surface area contributed by atoms with E-state index in [1.54, 1.807) is 25.3 Å². The molecule has 0 aromatic rings. The van der Waals surface area contributed by atoms with Crippen LogP contribution in [0.2, 0.25) is 0 Å². The lowest BCUT2D eigenvalue weighted by molar-refractivity contribution is 0.0804. The van der Waals surface area contributed by atoms with Crippen LogP contribution in [0.3, 0.4) is 0 Å². The number of carbonyl (C=O) groups excluding carboxylic acids is 1. The number of aliphatic imine (C=N–C) groups is 1. The third-order valence-corrected chi connectivity index (χ3v) is 2.67. The van der Waals surface area contributed by atoms with E-state index < -0.39 is 0 Å². The molecule has 0 fully saturated rings. The highest BCUT2D eigenvalue weighted by Gasteiger charge is 2.08. The van der Waals surface area contributed by atoms with Crippen molar-refractivity contribution in [2.75, 3.05) is 27.2 Å². The molecule has 1 rings (SSSR count). The molecule has 0 saturated carbocycles. The molecule has 0 aromatic carbocycles. The maximum Gasteiger partial charge on any atom is 0.342 e. The van der Waals surface area contributed by atoms with E-state index in [1.807, 2.05) is 0 Å². The summed E-state index contributed by atoms with van der Waals surface area (Å²) in [6, 6.07) is -0.171. The third-order valence-electron chi connectivity index (χ3n) is 2.67. The zero-order chi connectivity index (χ0) is 11.8. The van der Waals surface area contributed by atoms with Crippen molar-refractivity contribution in [3.05, 3.63) is 0 Å². The van der Waals surface area contributed by atoms with Crippen molar-refractivity contribution in [2.24, 2.45) is 4.99 Å². The van der Waals surface area contributed by atoms with E-state index in [-0.39, 0.29) is 12.3 Å². The van der Waals surface area contributed by atoms with Crippen LogP contribution < -0.4 is 5.32 Å². The van der Waals surface area contributed by atoms with E-state index >= 15 is 0 Å². The second-order valence-corrected chi connectivity index (χ2v) is 3.99. The first-order valence-electron chi connectivity index (χ1n) is 5.78. The van der Waals surface area contributed by atoms with E-state index in [2.05, 4.69) is 10.3 Å². The Kier molecular flexibility index (Phi) is 6.03. The summed E-state index contributed by atoms with van der Waals surface area (Å²) in [7, 11) is 3.45. The summed E-state index contributed by atoms with van der Waals surface area (Å²) in [4.78, 5) is 17.0. The van der Waals surface area contributed by atoms with Crippen molar-refractivity contribution in [3.63, 3.8) is 0 Å². The van der Waals surface area contributed by atoms with E-state index in [0.29, 0.717) is 6.42 Å². The van der Waals surface area contributed by atoms with Gasteiger partial charge in [0.05, 0.1) is 0 Å². The van der Waals surface area contributed by atoms with Crippen LogP contribution in [0.1, 0.15) is 25.7 Å². The molecule has 1 N–H and O–H groups in total. The Morgan fingerprint density at radius 3 is 3.06 bits per heavy atom. The Hall–Kier alpha value is -0.940. The number of urea groups is 1. The van der Waals surface area contributed by atoms with Crippen LogP contribution >= 0.6 is 0 Å². The molecule has 92 valence electrons. The molecule has 2 amide bonds. The summed E-state index contributed by atoms with van der Waals surface area (Å²) in [5.74, 6) is 0. The van der Waals surface area contributed by atoms with Crippen LogP contribution in [0.25, 0.3) is 0 Å². The van der Waals surface area contributed by atoms with Gasteiger partial charge >= 0.3 is 6.03 Å². The molecule has 0 saturated heterocycles. The van der Waals surface area contributed by atoms with Gasteiger partial charge in [0.1, 0.15) is 6.23 Å². The minimum absolute atomic E-state index is 0.0405.